The predicted octanol–water partition coefficient (Wildman–Crippen LogP) is 2.44. The fourth-order valence-corrected chi connectivity index (χ4v) is 1.16. The molecule has 1 aromatic heterocycles. The number of rotatable bonds is 4. The van der Waals surface area contributed by atoms with Gasteiger partial charge in [0.1, 0.15) is 0 Å². The Morgan fingerprint density at radius 2 is 2.46 bits per heavy atom. The average Bonchev–Trinajstić information content (AvgIpc) is 2.15. The first kappa shape index (κ1) is 9.93. The Morgan fingerprint density at radius 1 is 1.69 bits per heavy atom. The summed E-state index contributed by atoms with van der Waals surface area (Å²) in [4.78, 5) is 4.03. The number of hydrogen-bond acceptors (Lipinski definition) is 2. The van der Waals surface area contributed by atoms with E-state index in [1.165, 1.54) is 5.57 Å². The smallest absolute Gasteiger partial charge is 0.0315 e. The first-order valence-electron chi connectivity index (χ1n) is 4.50. The third kappa shape index (κ3) is 3.38. The Morgan fingerprint density at radius 3 is 3.00 bits per heavy atom. The topological polar surface area (TPSA) is 38.9 Å². The number of nitrogens with zero attached hydrogens (tertiary/aromatic N) is 1. The molecule has 0 bridgehead atoms. The second-order valence-corrected chi connectivity index (χ2v) is 3.39. The van der Waals surface area contributed by atoms with Crippen molar-refractivity contribution in [2.45, 2.75) is 25.8 Å². The molecule has 1 rings (SSSR count). The summed E-state index contributed by atoms with van der Waals surface area (Å²) in [6.07, 6.45) is 5.51. The highest BCUT2D eigenvalue weighted by Crippen LogP contribution is 2.16. The lowest BCUT2D eigenvalue weighted by molar-refractivity contribution is 0.647. The average molecular weight is 176 g/mol. The van der Waals surface area contributed by atoms with Crippen LogP contribution in [0.25, 0.3) is 0 Å². The van der Waals surface area contributed by atoms with E-state index in [1.54, 1.807) is 6.20 Å². The van der Waals surface area contributed by atoms with Gasteiger partial charge in [-0.1, -0.05) is 11.6 Å². The van der Waals surface area contributed by atoms with E-state index in [0.717, 1.165) is 18.4 Å². The molecule has 1 atom stereocenters. The zero-order valence-electron chi connectivity index (χ0n) is 8.03. The van der Waals surface area contributed by atoms with Gasteiger partial charge in [0.15, 0.2) is 0 Å². The van der Waals surface area contributed by atoms with Crippen LogP contribution in [0, 0.1) is 0 Å². The van der Waals surface area contributed by atoms with Crippen LogP contribution in [-0.2, 0) is 0 Å². The summed E-state index contributed by atoms with van der Waals surface area (Å²) in [5, 5.41) is 0. The van der Waals surface area contributed by atoms with E-state index < -0.39 is 0 Å². The normalized spacial score (nSPS) is 12.5. The van der Waals surface area contributed by atoms with Crippen LogP contribution in [0.4, 0.5) is 0 Å². The quantitative estimate of drug-likeness (QED) is 0.716. The minimum absolute atomic E-state index is 0.0883. The number of pyridine rings is 1. The predicted molar refractivity (Wildman–Crippen MR) is 55.2 cm³/mol. The van der Waals surface area contributed by atoms with Gasteiger partial charge in [-0.3, -0.25) is 4.98 Å². The molecule has 13 heavy (non-hydrogen) atoms. The molecule has 0 saturated carbocycles. The van der Waals surface area contributed by atoms with Gasteiger partial charge in [0, 0.05) is 18.4 Å². The van der Waals surface area contributed by atoms with E-state index in [9.17, 15) is 0 Å². The van der Waals surface area contributed by atoms with Crippen LogP contribution in [-0.4, -0.2) is 4.98 Å². The number of nitrogens with two attached hydrogens (primary N) is 1. The van der Waals surface area contributed by atoms with Crippen LogP contribution in [0.1, 0.15) is 31.4 Å². The number of aromatic nitrogens is 1. The Kier molecular flexibility index (Phi) is 3.65. The molecular weight excluding hydrogens is 160 g/mol. The van der Waals surface area contributed by atoms with E-state index in [-0.39, 0.29) is 6.04 Å². The Balaban J connectivity index is 2.49. The molecule has 1 unspecified atom stereocenters. The molecule has 0 aliphatic rings. The molecule has 2 nitrogen and oxygen atoms in total. The maximum Gasteiger partial charge on any atom is 0.0315 e. The molecule has 0 aliphatic heterocycles. The van der Waals surface area contributed by atoms with Crippen molar-refractivity contribution in [2.24, 2.45) is 5.73 Å². The molecule has 0 aliphatic carbocycles. The maximum absolute atomic E-state index is 5.96. The van der Waals surface area contributed by atoms with Crippen LogP contribution < -0.4 is 5.73 Å². The van der Waals surface area contributed by atoms with Gasteiger partial charge in [0.2, 0.25) is 0 Å². The first-order valence-corrected chi connectivity index (χ1v) is 4.50. The van der Waals surface area contributed by atoms with Gasteiger partial charge in [-0.2, -0.15) is 0 Å². The molecule has 0 amide bonds. The van der Waals surface area contributed by atoms with Crippen molar-refractivity contribution in [1.29, 1.82) is 0 Å². The third-order valence-corrected chi connectivity index (χ3v) is 1.99. The molecule has 0 radical (unpaired) electrons. The van der Waals surface area contributed by atoms with Crippen LogP contribution in [0.15, 0.2) is 36.7 Å². The molecular formula is C11H16N2. The Labute approximate surface area is 79.5 Å². The van der Waals surface area contributed by atoms with Crippen molar-refractivity contribution in [3.05, 3.63) is 42.2 Å². The summed E-state index contributed by atoms with van der Waals surface area (Å²) in [5.41, 5.74) is 8.24. The monoisotopic (exact) mass is 176 g/mol. The summed E-state index contributed by atoms with van der Waals surface area (Å²) in [7, 11) is 0. The van der Waals surface area contributed by atoms with Gasteiger partial charge in [0.05, 0.1) is 0 Å². The van der Waals surface area contributed by atoms with Crippen LogP contribution in [0.5, 0.6) is 0 Å². The number of allylic oxidation sites excluding steroid dienone is 1. The van der Waals surface area contributed by atoms with Crippen molar-refractivity contribution >= 4 is 0 Å². The minimum Gasteiger partial charge on any atom is -0.324 e. The molecule has 1 heterocycles. The lowest BCUT2D eigenvalue weighted by Gasteiger charge is -2.10. The summed E-state index contributed by atoms with van der Waals surface area (Å²) in [5.74, 6) is 0. The molecule has 70 valence electrons. The highest BCUT2D eigenvalue weighted by molar-refractivity contribution is 5.13. The van der Waals surface area contributed by atoms with Crippen molar-refractivity contribution in [3.63, 3.8) is 0 Å². The lowest BCUT2D eigenvalue weighted by atomic mass is 10.0. The molecule has 0 spiro atoms. The van der Waals surface area contributed by atoms with E-state index >= 15 is 0 Å². The highest BCUT2D eigenvalue weighted by Gasteiger charge is 2.04. The van der Waals surface area contributed by atoms with E-state index in [2.05, 4.69) is 11.6 Å². The largest absolute Gasteiger partial charge is 0.324 e. The summed E-state index contributed by atoms with van der Waals surface area (Å²) < 4.78 is 0. The van der Waals surface area contributed by atoms with E-state index in [4.69, 9.17) is 5.73 Å². The Hall–Kier alpha value is -1.15. The molecule has 0 saturated heterocycles. The van der Waals surface area contributed by atoms with Crippen LogP contribution in [0.3, 0.4) is 0 Å². The molecule has 0 aromatic carbocycles. The summed E-state index contributed by atoms with van der Waals surface area (Å²) >= 11 is 0. The Bertz CT molecular complexity index is 267. The van der Waals surface area contributed by atoms with Gasteiger partial charge in [-0.05, 0) is 31.4 Å². The minimum atomic E-state index is 0.0883. The van der Waals surface area contributed by atoms with Crippen molar-refractivity contribution < 1.29 is 0 Å². The van der Waals surface area contributed by atoms with Gasteiger partial charge in [-0.25, -0.2) is 0 Å². The third-order valence-electron chi connectivity index (χ3n) is 1.99. The second kappa shape index (κ2) is 4.77. The van der Waals surface area contributed by atoms with Crippen molar-refractivity contribution in [1.82, 2.24) is 4.98 Å². The zero-order chi connectivity index (χ0) is 9.68. The molecule has 1 aromatic rings. The van der Waals surface area contributed by atoms with Gasteiger partial charge < -0.3 is 5.73 Å². The summed E-state index contributed by atoms with van der Waals surface area (Å²) in [6, 6.07) is 4.01. The van der Waals surface area contributed by atoms with E-state index in [1.807, 2.05) is 25.3 Å². The molecule has 2 heteroatoms. The fourth-order valence-electron chi connectivity index (χ4n) is 1.16. The van der Waals surface area contributed by atoms with Crippen molar-refractivity contribution in [3.8, 4) is 0 Å². The molecule has 2 N–H and O–H groups in total. The zero-order valence-corrected chi connectivity index (χ0v) is 8.03. The number of hydrogen-bond donors (Lipinski definition) is 1. The summed E-state index contributed by atoms with van der Waals surface area (Å²) in [6.45, 7) is 5.87. The van der Waals surface area contributed by atoms with Crippen LogP contribution >= 0.6 is 0 Å². The molecule has 0 fully saturated rings. The van der Waals surface area contributed by atoms with Gasteiger partial charge in [-0.15, -0.1) is 6.58 Å². The van der Waals surface area contributed by atoms with E-state index in [0.29, 0.717) is 0 Å². The van der Waals surface area contributed by atoms with Crippen molar-refractivity contribution in [2.75, 3.05) is 0 Å². The van der Waals surface area contributed by atoms with Gasteiger partial charge in [0.25, 0.3) is 0 Å². The van der Waals surface area contributed by atoms with Crippen LogP contribution in [0.2, 0.25) is 0 Å². The second-order valence-electron chi connectivity index (χ2n) is 3.39. The SMILES string of the molecule is C=C(C)CCC(N)c1cccnc1. The maximum atomic E-state index is 5.96. The lowest BCUT2D eigenvalue weighted by Crippen LogP contribution is -2.10. The highest BCUT2D eigenvalue weighted by atomic mass is 14.7. The first-order chi connectivity index (χ1) is 6.20. The van der Waals surface area contributed by atoms with Gasteiger partial charge >= 0.3 is 0 Å². The standard InChI is InChI=1S/C11H16N2/c1-9(2)5-6-11(12)10-4-3-7-13-8-10/h3-4,7-8,11H,1,5-6,12H2,2H3. The fraction of sp³-hybridized carbons (Fsp3) is 0.364.